The maximum atomic E-state index is 12.9. The van der Waals surface area contributed by atoms with Crippen LogP contribution < -0.4 is 0 Å². The van der Waals surface area contributed by atoms with E-state index in [2.05, 4.69) is 0 Å². The lowest BCUT2D eigenvalue weighted by molar-refractivity contribution is -0.373. The van der Waals surface area contributed by atoms with E-state index in [1.807, 2.05) is 0 Å². The molecule has 6 unspecified atom stereocenters. The number of rotatable bonds is 17. The summed E-state index contributed by atoms with van der Waals surface area (Å²) in [7, 11) is 0. The summed E-state index contributed by atoms with van der Waals surface area (Å²) in [6, 6.07) is 0. The molecule has 3 rings (SSSR count). The van der Waals surface area contributed by atoms with Crippen LogP contribution in [0, 0.1) is 0 Å². The van der Waals surface area contributed by atoms with E-state index in [1.165, 1.54) is 6.92 Å². The van der Waals surface area contributed by atoms with Crippen molar-refractivity contribution in [1.29, 1.82) is 0 Å². The molecule has 3 fully saturated rings. The van der Waals surface area contributed by atoms with E-state index < -0.39 is 171 Å². The van der Waals surface area contributed by atoms with Gasteiger partial charge in [0.05, 0.1) is 6.10 Å². The minimum atomic E-state index is -1.96. The quantitative estimate of drug-likeness (QED) is 0.127. The van der Waals surface area contributed by atoms with E-state index in [4.69, 9.17) is 71.1 Å². The molecule has 0 spiro atoms. The highest BCUT2D eigenvalue weighted by atomic mass is 16.8. The van der Waals surface area contributed by atoms with E-state index in [9.17, 15) is 47.9 Å². The zero-order valence-corrected chi connectivity index (χ0v) is 37.0. The molecule has 0 radical (unpaired) electrons. The van der Waals surface area contributed by atoms with Crippen LogP contribution in [0.2, 0.25) is 0 Å². The fourth-order valence-corrected chi connectivity index (χ4v) is 7.01. The molecule has 0 amide bonds. The van der Waals surface area contributed by atoms with Crippen LogP contribution >= 0.6 is 0 Å². The van der Waals surface area contributed by atoms with Crippen molar-refractivity contribution in [3.8, 4) is 0 Å². The summed E-state index contributed by atoms with van der Waals surface area (Å²) >= 11 is 0. The highest BCUT2D eigenvalue weighted by molar-refractivity contribution is 5.70. The standard InChI is InChI=1S/C39H54O25/c1-15-29(54-19(5)43)33(56-21(7)45)31(26(53-15)12-50-16(2)40)63-39-37(60-25(11)49)35(58-23(9)47)32(28(62-39)14-52-18(4)42)64-38-36(59-24(10)48)34(57-22(8)46)30(55-20(6)44)27(61-38)13-51-17(3)41/h15,26-39H,12-14H2,1-11H3/t15-,26?,27?,28?,29?,30+,31+,32+,33+,34-,35-,36?,37?,38-,39-/m0/s1. The Morgan fingerprint density at radius 3 is 0.891 bits per heavy atom. The van der Waals surface area contributed by atoms with Crippen molar-refractivity contribution in [2.24, 2.45) is 0 Å². The Bertz CT molecular complexity index is 1730. The maximum absolute atomic E-state index is 12.9. The molecule has 0 saturated carbocycles. The summed E-state index contributed by atoms with van der Waals surface area (Å²) in [5, 5.41) is 0. The summed E-state index contributed by atoms with van der Waals surface area (Å²) in [6.07, 6.45) is -24.7. The monoisotopic (exact) mass is 922 g/mol. The van der Waals surface area contributed by atoms with Gasteiger partial charge < -0.3 is 71.1 Å². The third kappa shape index (κ3) is 15.6. The zero-order valence-electron chi connectivity index (χ0n) is 37.0. The van der Waals surface area contributed by atoms with Gasteiger partial charge in [0.15, 0.2) is 55.3 Å². The van der Waals surface area contributed by atoms with Gasteiger partial charge in [-0.2, -0.15) is 0 Å². The second-order valence-electron chi connectivity index (χ2n) is 14.6. The summed E-state index contributed by atoms with van der Waals surface area (Å²) in [5.74, 6) is -9.09. The Labute approximate surface area is 366 Å². The molecule has 0 bridgehead atoms. The van der Waals surface area contributed by atoms with Crippen LogP contribution in [0.1, 0.15) is 76.2 Å². The molecule has 25 heteroatoms. The van der Waals surface area contributed by atoms with Gasteiger partial charge in [-0.15, -0.1) is 0 Å². The normalized spacial score (nSPS) is 32.3. The van der Waals surface area contributed by atoms with Crippen LogP contribution in [0.3, 0.4) is 0 Å². The Morgan fingerprint density at radius 2 is 0.562 bits per heavy atom. The van der Waals surface area contributed by atoms with Gasteiger partial charge in [0, 0.05) is 69.2 Å². The highest BCUT2D eigenvalue weighted by Gasteiger charge is 2.59. The zero-order chi connectivity index (χ0) is 48.2. The fraction of sp³-hybridized carbons (Fsp3) is 0.744. The Kier molecular flexibility index (Phi) is 19.8. The summed E-state index contributed by atoms with van der Waals surface area (Å²) in [6.45, 7) is 9.74. The van der Waals surface area contributed by atoms with Crippen LogP contribution in [-0.4, -0.2) is 171 Å². The Hall–Kier alpha value is -5.50. The second kappa shape index (κ2) is 24.0. The number of hydrogen-bond donors (Lipinski definition) is 0. The van der Waals surface area contributed by atoms with Crippen molar-refractivity contribution in [2.45, 2.75) is 168 Å². The highest BCUT2D eigenvalue weighted by Crippen LogP contribution is 2.38. The lowest BCUT2D eigenvalue weighted by Crippen LogP contribution is -2.68. The largest absolute Gasteiger partial charge is 0.463 e. The molecule has 64 heavy (non-hydrogen) atoms. The SMILES string of the molecule is CC(=O)OCC1O[C@@H](O[C@@H]2C(COC(C)=O)O[C@@H](O[C@@H]3C(COC(C)=O)O[C@@H](C)C(OC(C)=O)[C@H]3OC(C)=O)C(OC(C)=O)[C@H]2OC(C)=O)C(OC(C)=O)[C@@H](OC(C)=O)[C@@H]1OC(C)=O. The number of carbonyl (C=O) groups excluding carboxylic acids is 10. The van der Waals surface area contributed by atoms with Gasteiger partial charge in [-0.1, -0.05) is 0 Å². The van der Waals surface area contributed by atoms with E-state index >= 15 is 0 Å². The molecular formula is C39H54O25. The molecule has 25 nitrogen and oxygen atoms in total. The maximum Gasteiger partial charge on any atom is 0.303 e. The van der Waals surface area contributed by atoms with Crippen LogP contribution in [0.25, 0.3) is 0 Å². The topological polar surface area (TPSA) is 309 Å². The minimum absolute atomic E-state index is 0.543. The average molecular weight is 923 g/mol. The summed E-state index contributed by atoms with van der Waals surface area (Å²) in [4.78, 5) is 124. The first-order valence-corrected chi connectivity index (χ1v) is 19.8. The Morgan fingerprint density at radius 1 is 0.312 bits per heavy atom. The van der Waals surface area contributed by atoms with Crippen molar-refractivity contribution in [1.82, 2.24) is 0 Å². The van der Waals surface area contributed by atoms with Crippen molar-refractivity contribution >= 4 is 59.7 Å². The molecule has 3 aliphatic heterocycles. The molecule has 0 aliphatic carbocycles. The van der Waals surface area contributed by atoms with Crippen LogP contribution in [0.5, 0.6) is 0 Å². The molecule has 0 aromatic heterocycles. The van der Waals surface area contributed by atoms with E-state index in [1.54, 1.807) is 0 Å². The molecule has 0 aromatic rings. The number of carbonyl (C=O) groups is 10. The first kappa shape index (κ1) is 52.8. The van der Waals surface area contributed by atoms with Gasteiger partial charge >= 0.3 is 59.7 Å². The molecule has 0 N–H and O–H groups in total. The first-order valence-electron chi connectivity index (χ1n) is 19.8. The predicted molar refractivity (Wildman–Crippen MR) is 200 cm³/mol. The predicted octanol–water partition coefficient (Wildman–Crippen LogP) is -0.795. The van der Waals surface area contributed by atoms with Crippen LogP contribution in [-0.2, 0) is 119 Å². The van der Waals surface area contributed by atoms with Crippen molar-refractivity contribution in [2.75, 3.05) is 19.8 Å². The fourth-order valence-electron chi connectivity index (χ4n) is 7.01. The number of esters is 10. The summed E-state index contributed by atoms with van der Waals surface area (Å²) in [5.41, 5.74) is 0. The smallest absolute Gasteiger partial charge is 0.303 e. The van der Waals surface area contributed by atoms with Gasteiger partial charge in [0.25, 0.3) is 0 Å². The van der Waals surface area contributed by atoms with Gasteiger partial charge in [-0.3, -0.25) is 47.9 Å². The van der Waals surface area contributed by atoms with Gasteiger partial charge in [0.1, 0.15) is 50.3 Å². The summed E-state index contributed by atoms with van der Waals surface area (Å²) < 4.78 is 85.6. The van der Waals surface area contributed by atoms with Crippen LogP contribution in [0.4, 0.5) is 0 Å². The van der Waals surface area contributed by atoms with Gasteiger partial charge in [-0.25, -0.2) is 0 Å². The van der Waals surface area contributed by atoms with E-state index in [0.717, 1.165) is 69.2 Å². The van der Waals surface area contributed by atoms with Crippen molar-refractivity contribution in [3.05, 3.63) is 0 Å². The third-order valence-electron chi connectivity index (χ3n) is 9.10. The molecule has 3 heterocycles. The van der Waals surface area contributed by atoms with Gasteiger partial charge in [0.2, 0.25) is 0 Å². The number of ether oxygens (including phenoxy) is 15. The van der Waals surface area contributed by atoms with E-state index in [0.29, 0.717) is 0 Å². The second-order valence-corrected chi connectivity index (χ2v) is 14.6. The molecular weight excluding hydrogens is 868 g/mol. The minimum Gasteiger partial charge on any atom is -0.463 e. The van der Waals surface area contributed by atoms with E-state index in [-0.39, 0.29) is 0 Å². The van der Waals surface area contributed by atoms with Gasteiger partial charge in [-0.05, 0) is 6.92 Å². The number of hydrogen-bond acceptors (Lipinski definition) is 25. The average Bonchev–Trinajstić information content (AvgIpc) is 3.15. The van der Waals surface area contributed by atoms with Crippen molar-refractivity contribution < 1.29 is 119 Å². The molecule has 360 valence electrons. The van der Waals surface area contributed by atoms with Crippen LogP contribution in [0.15, 0.2) is 0 Å². The molecule has 3 aliphatic rings. The lowest BCUT2D eigenvalue weighted by atomic mass is 9.93. The lowest BCUT2D eigenvalue weighted by Gasteiger charge is -2.50. The molecule has 3 saturated heterocycles. The third-order valence-corrected chi connectivity index (χ3v) is 9.10. The molecule has 15 atom stereocenters. The first-order chi connectivity index (χ1) is 29.9. The molecule has 0 aromatic carbocycles. The van der Waals surface area contributed by atoms with Crippen molar-refractivity contribution in [3.63, 3.8) is 0 Å². The Balaban J connectivity index is 2.28.